The number of methoxy groups -OCH3 is 1. The summed E-state index contributed by atoms with van der Waals surface area (Å²) in [7, 11) is -2.46. The predicted molar refractivity (Wildman–Crippen MR) is 156 cm³/mol. The van der Waals surface area contributed by atoms with Gasteiger partial charge in [-0.05, 0) is 56.5 Å². The standard InChI is InChI=1S/C30H33FN4O4S/c1-5-7-22-8-6-9-28(29(22)32-3)40(37,38)33-27-13-11-23(18-21(27)2)30(36)35-16-14-34(15-17-35)20-24-10-12-25(39-4)19-26(24)31/h5-13,18-19,33H,3,14-17,20H2,1-2,4H3/b7-5-. The number of anilines is 1. The Hall–Kier alpha value is -4.02. The van der Waals surface area contributed by atoms with Gasteiger partial charge in [-0.2, -0.15) is 0 Å². The van der Waals surface area contributed by atoms with E-state index in [1.807, 2.05) is 6.92 Å². The summed E-state index contributed by atoms with van der Waals surface area (Å²) in [6.07, 6.45) is 3.57. The molecule has 1 N–H and O–H groups in total. The highest BCUT2D eigenvalue weighted by Crippen LogP contribution is 2.31. The molecule has 0 bridgehead atoms. The van der Waals surface area contributed by atoms with E-state index in [-0.39, 0.29) is 22.3 Å². The minimum absolute atomic E-state index is 0.0186. The van der Waals surface area contributed by atoms with Crippen LogP contribution in [0.4, 0.5) is 15.8 Å². The maximum Gasteiger partial charge on any atom is 0.264 e. The number of halogens is 1. The van der Waals surface area contributed by atoms with Crippen molar-refractivity contribution in [3.63, 3.8) is 0 Å². The van der Waals surface area contributed by atoms with Gasteiger partial charge in [0.1, 0.15) is 16.5 Å². The first-order valence-electron chi connectivity index (χ1n) is 12.9. The van der Waals surface area contributed by atoms with Gasteiger partial charge in [0.05, 0.1) is 18.5 Å². The minimum atomic E-state index is -3.96. The predicted octanol–water partition coefficient (Wildman–Crippen LogP) is 5.27. The first kappa shape index (κ1) is 29.0. The average molecular weight is 565 g/mol. The van der Waals surface area contributed by atoms with Crippen molar-refractivity contribution >= 4 is 40.1 Å². The van der Waals surface area contributed by atoms with Crippen molar-refractivity contribution in [1.82, 2.24) is 9.80 Å². The van der Waals surface area contributed by atoms with E-state index in [1.54, 1.807) is 66.4 Å². The molecule has 0 radical (unpaired) electrons. The van der Waals surface area contributed by atoms with Crippen LogP contribution < -0.4 is 9.46 Å². The van der Waals surface area contributed by atoms with Crippen molar-refractivity contribution in [3.05, 3.63) is 88.7 Å². The molecule has 0 unspecified atom stereocenters. The molecule has 4 rings (SSSR count). The summed E-state index contributed by atoms with van der Waals surface area (Å²) in [6, 6.07) is 14.6. The lowest BCUT2D eigenvalue weighted by atomic mass is 10.1. The molecule has 0 aromatic heterocycles. The number of rotatable bonds is 9. The van der Waals surface area contributed by atoms with Crippen LogP contribution >= 0.6 is 0 Å². The lowest BCUT2D eigenvalue weighted by Crippen LogP contribution is -2.48. The van der Waals surface area contributed by atoms with Crippen molar-refractivity contribution in [2.75, 3.05) is 38.0 Å². The van der Waals surface area contributed by atoms with Gasteiger partial charge in [0.15, 0.2) is 0 Å². The zero-order valence-electron chi connectivity index (χ0n) is 22.9. The van der Waals surface area contributed by atoms with Crippen molar-refractivity contribution in [2.45, 2.75) is 25.3 Å². The molecule has 1 aliphatic rings. The summed E-state index contributed by atoms with van der Waals surface area (Å²) in [5.41, 5.74) is 2.95. The van der Waals surface area contributed by atoms with E-state index in [0.29, 0.717) is 66.4 Å². The van der Waals surface area contributed by atoms with Crippen LogP contribution in [-0.4, -0.2) is 64.1 Å². The van der Waals surface area contributed by atoms with Crippen LogP contribution in [-0.2, 0) is 16.6 Å². The number of aryl methyl sites for hydroxylation is 1. The van der Waals surface area contributed by atoms with Gasteiger partial charge in [0.25, 0.3) is 15.9 Å². The van der Waals surface area contributed by atoms with E-state index in [1.165, 1.54) is 19.2 Å². The van der Waals surface area contributed by atoms with Crippen LogP contribution in [0, 0.1) is 12.7 Å². The topological polar surface area (TPSA) is 91.3 Å². The molecule has 1 heterocycles. The first-order valence-corrected chi connectivity index (χ1v) is 14.3. The Kier molecular flexibility index (Phi) is 9.01. The maximum atomic E-state index is 14.4. The summed E-state index contributed by atoms with van der Waals surface area (Å²) in [4.78, 5) is 21.0. The van der Waals surface area contributed by atoms with E-state index < -0.39 is 10.0 Å². The van der Waals surface area contributed by atoms with Crippen molar-refractivity contribution in [3.8, 4) is 5.75 Å². The van der Waals surface area contributed by atoms with Crippen molar-refractivity contribution in [1.29, 1.82) is 0 Å². The summed E-state index contributed by atoms with van der Waals surface area (Å²) in [5.74, 6) is 0.0272. The maximum absolute atomic E-state index is 14.4. The number of carbonyl (C=O) groups is 1. The number of amides is 1. The van der Waals surface area contributed by atoms with Crippen LogP contribution in [0.15, 0.2) is 70.6 Å². The third-order valence-electron chi connectivity index (χ3n) is 6.86. The molecule has 40 heavy (non-hydrogen) atoms. The molecule has 3 aromatic rings. The smallest absolute Gasteiger partial charge is 0.264 e. The normalized spacial score (nSPS) is 14.3. The highest BCUT2D eigenvalue weighted by atomic mass is 32.2. The second kappa shape index (κ2) is 12.4. The van der Waals surface area contributed by atoms with Gasteiger partial charge in [0.2, 0.25) is 0 Å². The van der Waals surface area contributed by atoms with Crippen LogP contribution in [0.25, 0.3) is 6.08 Å². The summed E-state index contributed by atoms with van der Waals surface area (Å²) in [6.45, 7) is 9.81. The third kappa shape index (κ3) is 6.40. The molecule has 1 amide bonds. The second-order valence-corrected chi connectivity index (χ2v) is 11.2. The SMILES string of the molecule is C=Nc1c(/C=C\C)cccc1S(=O)(=O)Nc1ccc(C(=O)N2CCN(Cc3ccc(OC)cc3F)CC2)cc1C. The summed E-state index contributed by atoms with van der Waals surface area (Å²) < 4.78 is 48.5. The largest absolute Gasteiger partial charge is 0.497 e. The van der Waals surface area contributed by atoms with Crippen LogP contribution in [0.3, 0.4) is 0 Å². The molecule has 210 valence electrons. The van der Waals surface area contributed by atoms with E-state index in [9.17, 15) is 17.6 Å². The lowest BCUT2D eigenvalue weighted by Gasteiger charge is -2.35. The number of allylic oxidation sites excluding steroid dienone is 1. The number of sulfonamides is 1. The molecule has 0 aliphatic carbocycles. The molecule has 10 heteroatoms. The Morgan fingerprint density at radius 3 is 2.50 bits per heavy atom. The number of nitrogens with zero attached hydrogens (tertiary/aromatic N) is 3. The van der Waals surface area contributed by atoms with E-state index in [2.05, 4.69) is 21.3 Å². The number of carbonyl (C=O) groups excluding carboxylic acids is 1. The molecule has 1 fully saturated rings. The summed E-state index contributed by atoms with van der Waals surface area (Å²) >= 11 is 0. The van der Waals surface area contributed by atoms with Gasteiger partial charge in [-0.3, -0.25) is 19.4 Å². The number of ether oxygens (including phenoxy) is 1. The fourth-order valence-corrected chi connectivity index (χ4v) is 5.99. The van der Waals surface area contributed by atoms with Crippen LogP contribution in [0.5, 0.6) is 5.75 Å². The number of piperazine rings is 1. The number of para-hydroxylation sites is 1. The van der Waals surface area contributed by atoms with Gasteiger partial charge in [-0.15, -0.1) is 0 Å². The number of hydrogen-bond donors (Lipinski definition) is 1. The van der Waals surface area contributed by atoms with E-state index in [0.717, 1.165) is 0 Å². The molecule has 3 aromatic carbocycles. The zero-order valence-corrected chi connectivity index (χ0v) is 23.7. The van der Waals surface area contributed by atoms with Gasteiger partial charge in [0, 0.05) is 55.5 Å². The molecular weight excluding hydrogens is 531 g/mol. The highest BCUT2D eigenvalue weighted by molar-refractivity contribution is 7.92. The van der Waals surface area contributed by atoms with E-state index >= 15 is 0 Å². The Balaban J connectivity index is 1.42. The molecule has 0 saturated carbocycles. The molecule has 8 nitrogen and oxygen atoms in total. The fraction of sp³-hybridized carbons (Fsp3) is 0.267. The fourth-order valence-electron chi connectivity index (χ4n) is 4.67. The molecule has 1 saturated heterocycles. The quantitative estimate of drug-likeness (QED) is 0.358. The first-order chi connectivity index (χ1) is 19.2. The van der Waals surface area contributed by atoms with E-state index in [4.69, 9.17) is 4.74 Å². The monoisotopic (exact) mass is 564 g/mol. The molecular formula is C30H33FN4O4S. The Labute approximate surface area is 234 Å². The Morgan fingerprint density at radius 2 is 1.88 bits per heavy atom. The third-order valence-corrected chi connectivity index (χ3v) is 8.25. The Morgan fingerprint density at radius 1 is 1.12 bits per heavy atom. The molecule has 0 spiro atoms. The number of nitrogens with one attached hydrogen (secondary N) is 1. The lowest BCUT2D eigenvalue weighted by molar-refractivity contribution is 0.0627. The highest BCUT2D eigenvalue weighted by Gasteiger charge is 2.25. The van der Waals surface area contributed by atoms with Gasteiger partial charge < -0.3 is 9.64 Å². The number of hydrogen-bond acceptors (Lipinski definition) is 6. The van der Waals surface area contributed by atoms with Crippen LogP contribution in [0.1, 0.15) is 34.0 Å². The van der Waals surface area contributed by atoms with Crippen LogP contribution in [0.2, 0.25) is 0 Å². The van der Waals surface area contributed by atoms with Crippen molar-refractivity contribution in [2.24, 2.45) is 4.99 Å². The number of aliphatic imine (C=N–C) groups is 1. The summed E-state index contributed by atoms with van der Waals surface area (Å²) in [5, 5.41) is 0. The number of benzene rings is 3. The molecule has 0 atom stereocenters. The van der Waals surface area contributed by atoms with Crippen molar-refractivity contribution < 1.29 is 22.3 Å². The van der Waals surface area contributed by atoms with Gasteiger partial charge >= 0.3 is 0 Å². The molecule has 1 aliphatic heterocycles. The average Bonchev–Trinajstić information content (AvgIpc) is 2.95. The zero-order chi connectivity index (χ0) is 28.9. The Bertz CT molecular complexity index is 1550. The van der Waals surface area contributed by atoms with Gasteiger partial charge in [-0.1, -0.05) is 30.4 Å². The van der Waals surface area contributed by atoms with Gasteiger partial charge in [-0.25, -0.2) is 12.8 Å². The minimum Gasteiger partial charge on any atom is -0.497 e. The second-order valence-electron chi connectivity index (χ2n) is 9.51.